The average molecular weight is 353 g/mol. The van der Waals surface area contributed by atoms with Crippen LogP contribution in [0, 0.1) is 3.57 Å². The SMILES string of the molecule is Clc1ccc(CSc2ncncc2I)o1. The van der Waals surface area contributed by atoms with Crippen molar-refractivity contribution >= 4 is 46.0 Å². The van der Waals surface area contributed by atoms with Gasteiger partial charge in [0.15, 0.2) is 5.22 Å². The first-order chi connectivity index (χ1) is 7.25. The Morgan fingerprint density at radius 3 is 3.00 bits per heavy atom. The van der Waals surface area contributed by atoms with Crippen LogP contribution in [-0.4, -0.2) is 9.97 Å². The van der Waals surface area contributed by atoms with Crippen LogP contribution in [0.4, 0.5) is 0 Å². The Morgan fingerprint density at radius 1 is 1.47 bits per heavy atom. The molecule has 6 heteroatoms. The molecule has 0 fully saturated rings. The Balaban J connectivity index is 2.02. The van der Waals surface area contributed by atoms with E-state index in [1.807, 2.05) is 6.07 Å². The van der Waals surface area contributed by atoms with Gasteiger partial charge >= 0.3 is 0 Å². The minimum Gasteiger partial charge on any atom is -0.449 e. The summed E-state index contributed by atoms with van der Waals surface area (Å²) in [4.78, 5) is 8.10. The van der Waals surface area contributed by atoms with Crippen LogP contribution in [0.5, 0.6) is 0 Å². The summed E-state index contributed by atoms with van der Waals surface area (Å²) in [5.41, 5.74) is 0. The number of nitrogens with zero attached hydrogens (tertiary/aromatic N) is 2. The molecule has 0 aliphatic carbocycles. The zero-order valence-electron chi connectivity index (χ0n) is 7.48. The number of rotatable bonds is 3. The summed E-state index contributed by atoms with van der Waals surface area (Å²) >= 11 is 9.48. The first kappa shape index (κ1) is 11.2. The molecule has 0 amide bonds. The van der Waals surface area contributed by atoms with E-state index >= 15 is 0 Å². The van der Waals surface area contributed by atoms with Crippen molar-refractivity contribution < 1.29 is 4.42 Å². The molecule has 0 aliphatic heterocycles. The van der Waals surface area contributed by atoms with E-state index in [4.69, 9.17) is 16.0 Å². The minimum absolute atomic E-state index is 0.419. The lowest BCUT2D eigenvalue weighted by atomic mass is 10.5. The smallest absolute Gasteiger partial charge is 0.193 e. The van der Waals surface area contributed by atoms with E-state index in [0.717, 1.165) is 20.1 Å². The van der Waals surface area contributed by atoms with E-state index in [2.05, 4.69) is 32.6 Å². The van der Waals surface area contributed by atoms with Gasteiger partial charge in [0.1, 0.15) is 17.1 Å². The first-order valence-corrected chi connectivity index (χ1v) is 6.52. The van der Waals surface area contributed by atoms with E-state index < -0.39 is 0 Å². The van der Waals surface area contributed by atoms with Crippen LogP contribution in [0.3, 0.4) is 0 Å². The molecule has 2 aromatic heterocycles. The van der Waals surface area contributed by atoms with Crippen LogP contribution in [0.25, 0.3) is 0 Å². The fourth-order valence-corrected chi connectivity index (χ4v) is 2.65. The van der Waals surface area contributed by atoms with Crippen molar-refractivity contribution in [1.29, 1.82) is 0 Å². The van der Waals surface area contributed by atoms with E-state index in [1.54, 1.807) is 30.4 Å². The maximum absolute atomic E-state index is 5.67. The van der Waals surface area contributed by atoms with Crippen LogP contribution in [0.2, 0.25) is 5.22 Å². The molecule has 0 atom stereocenters. The molecule has 2 rings (SSSR count). The zero-order chi connectivity index (χ0) is 10.7. The highest BCUT2D eigenvalue weighted by atomic mass is 127. The Hall–Kier alpha value is -0.270. The minimum atomic E-state index is 0.419. The summed E-state index contributed by atoms with van der Waals surface area (Å²) in [6, 6.07) is 3.60. The van der Waals surface area contributed by atoms with Gasteiger partial charge in [-0.05, 0) is 46.3 Å². The van der Waals surface area contributed by atoms with Crippen LogP contribution in [0.15, 0.2) is 34.1 Å². The van der Waals surface area contributed by atoms with Crippen molar-refractivity contribution in [3.8, 4) is 0 Å². The number of hydrogen-bond acceptors (Lipinski definition) is 4. The Bertz CT molecular complexity index is 463. The van der Waals surface area contributed by atoms with Gasteiger partial charge in [0.2, 0.25) is 0 Å². The van der Waals surface area contributed by atoms with Crippen molar-refractivity contribution in [3.63, 3.8) is 0 Å². The topological polar surface area (TPSA) is 38.9 Å². The number of thioether (sulfide) groups is 1. The molecule has 0 N–H and O–H groups in total. The van der Waals surface area contributed by atoms with Gasteiger partial charge in [0.05, 0.1) is 9.32 Å². The molecule has 78 valence electrons. The quantitative estimate of drug-likeness (QED) is 0.480. The highest BCUT2D eigenvalue weighted by Crippen LogP contribution is 2.26. The van der Waals surface area contributed by atoms with Crippen molar-refractivity contribution in [2.45, 2.75) is 10.8 Å². The molecular formula is C9H6ClIN2OS. The Morgan fingerprint density at radius 2 is 2.33 bits per heavy atom. The van der Waals surface area contributed by atoms with E-state index in [0.29, 0.717) is 5.22 Å². The molecule has 3 nitrogen and oxygen atoms in total. The molecule has 0 bridgehead atoms. The molecular weight excluding hydrogens is 347 g/mol. The van der Waals surface area contributed by atoms with Crippen molar-refractivity contribution in [1.82, 2.24) is 9.97 Å². The largest absolute Gasteiger partial charge is 0.449 e. The normalized spacial score (nSPS) is 10.5. The monoisotopic (exact) mass is 352 g/mol. The lowest BCUT2D eigenvalue weighted by Gasteiger charge is -1.99. The molecule has 0 saturated carbocycles. The van der Waals surface area contributed by atoms with Crippen molar-refractivity contribution in [2.75, 3.05) is 0 Å². The summed E-state index contributed by atoms with van der Waals surface area (Å²) in [7, 11) is 0. The molecule has 0 unspecified atom stereocenters. The number of hydrogen-bond donors (Lipinski definition) is 0. The van der Waals surface area contributed by atoms with Crippen LogP contribution in [-0.2, 0) is 5.75 Å². The van der Waals surface area contributed by atoms with Gasteiger partial charge in [0, 0.05) is 6.20 Å². The van der Waals surface area contributed by atoms with Gasteiger partial charge in [-0.25, -0.2) is 9.97 Å². The van der Waals surface area contributed by atoms with Crippen LogP contribution in [0.1, 0.15) is 5.76 Å². The van der Waals surface area contributed by atoms with Gasteiger partial charge < -0.3 is 4.42 Å². The maximum Gasteiger partial charge on any atom is 0.193 e. The fourth-order valence-electron chi connectivity index (χ4n) is 0.976. The number of halogens is 2. The predicted molar refractivity (Wildman–Crippen MR) is 68.0 cm³/mol. The Labute approximate surface area is 110 Å². The lowest BCUT2D eigenvalue weighted by molar-refractivity contribution is 0.532. The second-order valence-corrected chi connectivity index (χ2v) is 5.17. The molecule has 0 aromatic carbocycles. The second kappa shape index (κ2) is 5.18. The highest BCUT2D eigenvalue weighted by molar-refractivity contribution is 14.1. The lowest BCUT2D eigenvalue weighted by Crippen LogP contribution is -1.87. The van der Waals surface area contributed by atoms with E-state index in [9.17, 15) is 0 Å². The summed E-state index contributed by atoms with van der Waals surface area (Å²) in [6.07, 6.45) is 3.32. The standard InChI is InChI=1S/C9H6ClIN2OS/c10-8-2-1-6(14-8)4-15-9-7(11)3-12-5-13-9/h1-3,5H,4H2. The molecule has 2 heterocycles. The maximum atomic E-state index is 5.67. The van der Waals surface area contributed by atoms with Crippen LogP contribution >= 0.6 is 46.0 Å². The molecule has 2 aromatic rings. The highest BCUT2D eigenvalue weighted by Gasteiger charge is 2.04. The van der Waals surface area contributed by atoms with Gasteiger partial charge in [0.25, 0.3) is 0 Å². The number of furan rings is 1. The third kappa shape index (κ3) is 3.09. The predicted octanol–water partition coefficient (Wildman–Crippen LogP) is 3.62. The molecule has 0 spiro atoms. The average Bonchev–Trinajstić information content (AvgIpc) is 2.63. The summed E-state index contributed by atoms with van der Waals surface area (Å²) in [5, 5.41) is 1.38. The van der Waals surface area contributed by atoms with Crippen molar-refractivity contribution in [2.24, 2.45) is 0 Å². The molecule has 0 saturated heterocycles. The first-order valence-electron chi connectivity index (χ1n) is 4.08. The summed E-state index contributed by atoms with van der Waals surface area (Å²) < 4.78 is 6.28. The van der Waals surface area contributed by atoms with Gasteiger partial charge in [-0.1, -0.05) is 11.8 Å². The fraction of sp³-hybridized carbons (Fsp3) is 0.111. The van der Waals surface area contributed by atoms with Gasteiger partial charge in [-0.15, -0.1) is 0 Å². The Kier molecular flexibility index (Phi) is 3.87. The zero-order valence-corrected chi connectivity index (χ0v) is 11.2. The van der Waals surface area contributed by atoms with E-state index in [1.165, 1.54) is 0 Å². The second-order valence-electron chi connectivity index (χ2n) is 2.67. The van der Waals surface area contributed by atoms with E-state index in [-0.39, 0.29) is 0 Å². The van der Waals surface area contributed by atoms with Gasteiger partial charge in [-0.3, -0.25) is 0 Å². The molecule has 15 heavy (non-hydrogen) atoms. The van der Waals surface area contributed by atoms with Crippen molar-refractivity contribution in [3.05, 3.63) is 39.2 Å². The summed E-state index contributed by atoms with van der Waals surface area (Å²) in [6.45, 7) is 0. The third-order valence-corrected chi connectivity index (χ3v) is 4.00. The van der Waals surface area contributed by atoms with Crippen LogP contribution < -0.4 is 0 Å². The molecule has 0 aliphatic rings. The third-order valence-electron chi connectivity index (χ3n) is 1.61. The number of aromatic nitrogens is 2. The summed E-state index contributed by atoms with van der Waals surface area (Å²) in [5.74, 6) is 1.57. The molecule has 0 radical (unpaired) electrons. The van der Waals surface area contributed by atoms with Gasteiger partial charge in [-0.2, -0.15) is 0 Å².